The summed E-state index contributed by atoms with van der Waals surface area (Å²) in [6, 6.07) is 4.52. The third kappa shape index (κ3) is 4.44. The summed E-state index contributed by atoms with van der Waals surface area (Å²) in [5.74, 6) is 0.0786. The van der Waals surface area contributed by atoms with Crippen molar-refractivity contribution < 1.29 is 17.5 Å². The quantitative estimate of drug-likeness (QED) is 0.525. The van der Waals surface area contributed by atoms with Crippen LogP contribution < -0.4 is 16.0 Å². The number of hydrogen-bond acceptors (Lipinski definition) is 6. The number of aryl methyl sites for hydroxylation is 2. The molecule has 182 valence electrons. The number of halogens is 1. The Bertz CT molecular complexity index is 1490. The minimum Gasteiger partial charge on any atom is -0.487 e. The number of ether oxygens (including phenoxy) is 1. The molecule has 0 N–H and O–H groups in total. The summed E-state index contributed by atoms with van der Waals surface area (Å²) in [7, 11) is -1.32. The number of fused-ring (bicyclic) bond motifs is 1. The summed E-state index contributed by atoms with van der Waals surface area (Å²) in [6.45, 7) is 4.18. The van der Waals surface area contributed by atoms with Gasteiger partial charge in [-0.3, -0.25) is 13.9 Å². The predicted octanol–water partition coefficient (Wildman–Crippen LogP) is 2.20. The first-order chi connectivity index (χ1) is 16.1. The second-order valence-corrected chi connectivity index (χ2v) is 10.6. The Balaban J connectivity index is 1.60. The van der Waals surface area contributed by atoms with Gasteiger partial charge in [0.1, 0.15) is 11.9 Å². The van der Waals surface area contributed by atoms with Crippen LogP contribution in [0.25, 0.3) is 23.3 Å². The molecule has 9 nitrogen and oxygen atoms in total. The van der Waals surface area contributed by atoms with Crippen molar-refractivity contribution in [1.29, 1.82) is 0 Å². The predicted molar refractivity (Wildman–Crippen MR) is 128 cm³/mol. The van der Waals surface area contributed by atoms with Crippen LogP contribution in [0.15, 0.2) is 27.8 Å². The number of rotatable bonds is 6. The zero-order valence-electron chi connectivity index (χ0n) is 19.3. The first-order valence-corrected chi connectivity index (χ1v) is 13.0. The van der Waals surface area contributed by atoms with Gasteiger partial charge in [0.2, 0.25) is 0 Å². The van der Waals surface area contributed by atoms with Gasteiger partial charge in [-0.1, -0.05) is 12.1 Å². The number of aromatic nitrogens is 4. The van der Waals surface area contributed by atoms with E-state index in [0.29, 0.717) is 41.9 Å². The fourth-order valence-corrected chi connectivity index (χ4v) is 5.59. The lowest BCUT2D eigenvalue weighted by Gasteiger charge is -2.23. The zero-order valence-corrected chi connectivity index (χ0v) is 20.1. The molecule has 1 fully saturated rings. The molecule has 0 bridgehead atoms. The number of benzene rings is 1. The summed E-state index contributed by atoms with van der Waals surface area (Å²) in [5, 5.41) is 0. The standard InChI is InChI=1S/C23H27FN4O5S/c1-4-27-21-20(22(29)28(5-2)23(27)30)26(3)19(25-21)9-7-15-6-8-18(17(24)14-15)33-16-10-12-34(31,32)13-11-16/h6-9,14,16H,4-5,10-13H2,1-3H3/b9-7+. The maximum Gasteiger partial charge on any atom is 0.332 e. The van der Waals surface area contributed by atoms with Crippen molar-refractivity contribution in [3.8, 4) is 5.75 Å². The van der Waals surface area contributed by atoms with Gasteiger partial charge in [0.05, 0.1) is 11.5 Å². The van der Waals surface area contributed by atoms with E-state index in [0.717, 1.165) is 0 Å². The number of sulfone groups is 1. The maximum atomic E-state index is 14.6. The molecule has 0 amide bonds. The summed E-state index contributed by atoms with van der Waals surface area (Å²) < 4.78 is 47.7. The average Bonchev–Trinajstić information content (AvgIpc) is 3.12. The van der Waals surface area contributed by atoms with E-state index in [4.69, 9.17) is 4.74 Å². The lowest BCUT2D eigenvalue weighted by molar-refractivity contribution is 0.181. The van der Waals surface area contributed by atoms with Gasteiger partial charge in [0, 0.05) is 20.1 Å². The first-order valence-electron chi connectivity index (χ1n) is 11.2. The van der Waals surface area contributed by atoms with Crippen molar-refractivity contribution >= 4 is 33.2 Å². The molecule has 1 aliphatic rings. The number of nitrogens with zero attached hydrogens (tertiary/aromatic N) is 4. The van der Waals surface area contributed by atoms with Crippen molar-refractivity contribution in [1.82, 2.24) is 18.7 Å². The monoisotopic (exact) mass is 490 g/mol. The van der Waals surface area contributed by atoms with E-state index in [1.54, 1.807) is 36.8 Å². The molecule has 0 saturated carbocycles. The van der Waals surface area contributed by atoms with Gasteiger partial charge in [0.25, 0.3) is 5.56 Å². The lowest BCUT2D eigenvalue weighted by atomic mass is 10.1. The molecular weight excluding hydrogens is 463 g/mol. The molecule has 3 heterocycles. The SMILES string of the molecule is CCn1c(=O)c2c(nc(/C=C/c3ccc(OC4CCS(=O)(=O)CC4)c(F)c3)n2C)n(CC)c1=O. The van der Waals surface area contributed by atoms with Crippen molar-refractivity contribution in [3.05, 3.63) is 56.2 Å². The second-order valence-electron chi connectivity index (χ2n) is 8.27. The Morgan fingerprint density at radius 3 is 2.41 bits per heavy atom. The summed E-state index contributed by atoms with van der Waals surface area (Å²) >= 11 is 0. The maximum absolute atomic E-state index is 14.6. The van der Waals surface area contributed by atoms with Crippen LogP contribution >= 0.6 is 0 Å². The normalized spacial score (nSPS) is 16.5. The van der Waals surface area contributed by atoms with Gasteiger partial charge in [-0.05, 0) is 50.5 Å². The van der Waals surface area contributed by atoms with Crippen LogP contribution in [0.3, 0.4) is 0 Å². The smallest absolute Gasteiger partial charge is 0.332 e. The van der Waals surface area contributed by atoms with Crippen molar-refractivity contribution in [2.24, 2.45) is 7.05 Å². The number of hydrogen-bond donors (Lipinski definition) is 0. The van der Waals surface area contributed by atoms with Crippen LogP contribution in [0.5, 0.6) is 5.75 Å². The average molecular weight is 491 g/mol. The van der Waals surface area contributed by atoms with E-state index >= 15 is 0 Å². The molecule has 1 saturated heterocycles. The van der Waals surface area contributed by atoms with Crippen LogP contribution in [0.2, 0.25) is 0 Å². The Morgan fingerprint density at radius 2 is 1.79 bits per heavy atom. The molecule has 34 heavy (non-hydrogen) atoms. The molecule has 1 aliphatic heterocycles. The fourth-order valence-electron chi connectivity index (χ4n) is 4.15. The van der Waals surface area contributed by atoms with Gasteiger partial charge < -0.3 is 9.30 Å². The van der Waals surface area contributed by atoms with E-state index < -0.39 is 26.9 Å². The van der Waals surface area contributed by atoms with Crippen LogP contribution in [0.4, 0.5) is 4.39 Å². The van der Waals surface area contributed by atoms with Crippen LogP contribution in [-0.4, -0.2) is 44.7 Å². The zero-order chi connectivity index (χ0) is 24.6. The Morgan fingerprint density at radius 1 is 1.12 bits per heavy atom. The molecule has 0 radical (unpaired) electrons. The molecule has 0 unspecified atom stereocenters. The van der Waals surface area contributed by atoms with E-state index in [1.807, 2.05) is 6.92 Å². The van der Waals surface area contributed by atoms with Crippen molar-refractivity contribution in [2.45, 2.75) is 45.9 Å². The molecule has 2 aromatic heterocycles. The van der Waals surface area contributed by atoms with Gasteiger partial charge in [-0.2, -0.15) is 0 Å². The summed E-state index contributed by atoms with van der Waals surface area (Å²) in [5.41, 5.74) is 0.400. The van der Waals surface area contributed by atoms with E-state index in [2.05, 4.69) is 4.98 Å². The Hall–Kier alpha value is -3.21. The highest BCUT2D eigenvalue weighted by Crippen LogP contribution is 2.24. The van der Waals surface area contributed by atoms with Gasteiger partial charge in [-0.25, -0.2) is 22.6 Å². The van der Waals surface area contributed by atoms with E-state index in [9.17, 15) is 22.4 Å². The highest BCUT2D eigenvalue weighted by atomic mass is 32.2. The molecule has 11 heteroatoms. The van der Waals surface area contributed by atoms with E-state index in [-0.39, 0.29) is 29.9 Å². The molecule has 3 aromatic rings. The molecule has 0 aliphatic carbocycles. The van der Waals surface area contributed by atoms with E-state index in [1.165, 1.54) is 21.3 Å². The molecular formula is C23H27FN4O5S. The third-order valence-corrected chi connectivity index (χ3v) is 7.80. The highest BCUT2D eigenvalue weighted by Gasteiger charge is 2.25. The Labute approximate surface area is 196 Å². The number of imidazole rings is 1. The molecule has 0 atom stereocenters. The molecule has 4 rings (SSSR count). The van der Waals surface area contributed by atoms with Crippen molar-refractivity contribution in [3.63, 3.8) is 0 Å². The largest absolute Gasteiger partial charge is 0.487 e. The summed E-state index contributed by atoms with van der Waals surface area (Å²) in [6.07, 6.45) is 3.68. The second kappa shape index (κ2) is 9.21. The van der Waals surface area contributed by atoms with Crippen LogP contribution in [0.1, 0.15) is 38.1 Å². The summed E-state index contributed by atoms with van der Waals surface area (Å²) in [4.78, 5) is 29.9. The first kappa shape index (κ1) is 23.9. The van der Waals surface area contributed by atoms with Crippen LogP contribution in [0, 0.1) is 5.82 Å². The fraction of sp³-hybridized carbons (Fsp3) is 0.435. The topological polar surface area (TPSA) is 105 Å². The molecule has 1 aromatic carbocycles. The lowest BCUT2D eigenvalue weighted by Crippen LogP contribution is -2.39. The van der Waals surface area contributed by atoms with Crippen LogP contribution in [-0.2, 0) is 30.0 Å². The molecule has 0 spiro atoms. The minimum absolute atomic E-state index is 0.0489. The van der Waals surface area contributed by atoms with Gasteiger partial charge in [0.15, 0.2) is 32.6 Å². The Kier molecular flexibility index (Phi) is 6.48. The minimum atomic E-state index is -3.02. The van der Waals surface area contributed by atoms with Gasteiger partial charge >= 0.3 is 5.69 Å². The van der Waals surface area contributed by atoms with Crippen molar-refractivity contribution in [2.75, 3.05) is 11.5 Å². The highest BCUT2D eigenvalue weighted by molar-refractivity contribution is 7.91. The third-order valence-electron chi connectivity index (χ3n) is 6.09. The van der Waals surface area contributed by atoms with Gasteiger partial charge in [-0.15, -0.1) is 0 Å².